The first-order valence-corrected chi connectivity index (χ1v) is 9.15. The number of pyridine rings is 1. The highest BCUT2D eigenvalue weighted by Crippen LogP contribution is 2.67. The molecule has 3 aliphatic carbocycles. The van der Waals surface area contributed by atoms with Crippen LogP contribution < -0.4 is 0 Å². The molecule has 0 radical (unpaired) electrons. The third kappa shape index (κ3) is 1.83. The van der Waals surface area contributed by atoms with Crippen LogP contribution in [0.4, 0.5) is 0 Å². The van der Waals surface area contributed by atoms with Gasteiger partial charge in [0.25, 0.3) is 5.89 Å². The zero-order valence-corrected chi connectivity index (χ0v) is 14.2. The van der Waals surface area contributed by atoms with E-state index in [1.54, 1.807) is 0 Å². The van der Waals surface area contributed by atoms with E-state index in [1.165, 1.54) is 24.8 Å². The Bertz CT molecular complexity index is 1060. The smallest absolute Gasteiger partial charge is 0.264 e. The first-order valence-electron chi connectivity index (χ1n) is 9.15. The van der Waals surface area contributed by atoms with Crippen LogP contribution in [0.15, 0.2) is 59.3 Å². The first kappa shape index (κ1) is 14.2. The van der Waals surface area contributed by atoms with Crippen LogP contribution in [-0.4, -0.2) is 20.2 Å². The van der Waals surface area contributed by atoms with Crippen LogP contribution in [-0.2, 0) is 5.41 Å². The van der Waals surface area contributed by atoms with Gasteiger partial charge in [0.1, 0.15) is 5.69 Å². The van der Waals surface area contributed by atoms with Gasteiger partial charge in [0.2, 0.25) is 5.89 Å². The van der Waals surface area contributed by atoms with Gasteiger partial charge in [-0.2, -0.15) is 0 Å². The van der Waals surface area contributed by atoms with Crippen LogP contribution in [0.5, 0.6) is 0 Å². The van der Waals surface area contributed by atoms with E-state index in [-0.39, 0.29) is 5.41 Å². The molecule has 1 N–H and O–H groups in total. The summed E-state index contributed by atoms with van der Waals surface area (Å²) in [6, 6.07) is 14.5. The highest BCUT2D eigenvalue weighted by atomic mass is 16.4. The van der Waals surface area contributed by atoms with Gasteiger partial charge >= 0.3 is 0 Å². The average molecular weight is 342 g/mol. The van der Waals surface area contributed by atoms with Gasteiger partial charge in [0.15, 0.2) is 0 Å². The van der Waals surface area contributed by atoms with Crippen LogP contribution in [0, 0.1) is 5.92 Å². The van der Waals surface area contributed by atoms with Crippen LogP contribution >= 0.6 is 0 Å². The number of H-pyrrole nitrogens is 1. The summed E-state index contributed by atoms with van der Waals surface area (Å²) in [5.41, 5.74) is 3.48. The van der Waals surface area contributed by atoms with Crippen LogP contribution in [0.25, 0.3) is 22.5 Å². The Morgan fingerprint density at radius 3 is 2.81 bits per heavy atom. The molecule has 3 atom stereocenters. The fourth-order valence-corrected chi connectivity index (χ4v) is 5.19. The number of aromatic amines is 1. The molecule has 128 valence electrons. The minimum Gasteiger partial charge on any atom is -0.419 e. The summed E-state index contributed by atoms with van der Waals surface area (Å²) in [5, 5.41) is 9.94. The molecule has 3 heterocycles. The summed E-state index contributed by atoms with van der Waals surface area (Å²) in [6.07, 6.45) is 7.41. The first-order chi connectivity index (χ1) is 12.8. The molecule has 0 saturated heterocycles. The van der Waals surface area contributed by atoms with Gasteiger partial charge in [0.05, 0.1) is 0 Å². The minimum absolute atomic E-state index is 0.151. The van der Waals surface area contributed by atoms with E-state index >= 15 is 0 Å². The van der Waals surface area contributed by atoms with Crippen LogP contribution in [0.1, 0.15) is 36.6 Å². The second-order valence-corrected chi connectivity index (χ2v) is 7.59. The molecule has 7 rings (SSSR count). The van der Waals surface area contributed by atoms with E-state index in [2.05, 4.69) is 50.5 Å². The molecule has 2 bridgehead atoms. The summed E-state index contributed by atoms with van der Waals surface area (Å²) in [5.74, 6) is 2.34. The van der Waals surface area contributed by atoms with Crippen molar-refractivity contribution in [3.05, 3.63) is 66.3 Å². The molecule has 3 fully saturated rings. The Hall–Kier alpha value is -2.95. The predicted molar refractivity (Wildman–Crippen MR) is 97.6 cm³/mol. The highest BCUT2D eigenvalue weighted by molar-refractivity contribution is 5.84. The number of nitrogens with one attached hydrogen (secondary N) is 1. The van der Waals surface area contributed by atoms with Crippen molar-refractivity contribution in [1.82, 2.24) is 20.2 Å². The summed E-state index contributed by atoms with van der Waals surface area (Å²) >= 11 is 0. The Morgan fingerprint density at radius 2 is 1.96 bits per heavy atom. The molecular weight excluding hydrogens is 324 g/mol. The van der Waals surface area contributed by atoms with Crippen molar-refractivity contribution in [2.24, 2.45) is 5.92 Å². The Balaban J connectivity index is 1.38. The second kappa shape index (κ2) is 5.04. The number of aromatic nitrogens is 4. The van der Waals surface area contributed by atoms with Crippen LogP contribution in [0.3, 0.4) is 0 Å². The van der Waals surface area contributed by atoms with E-state index in [1.807, 2.05) is 24.5 Å². The number of benzene rings is 1. The number of fused-ring (bicyclic) bond motifs is 2. The van der Waals surface area contributed by atoms with Crippen LogP contribution in [0.2, 0.25) is 0 Å². The van der Waals surface area contributed by atoms with Crippen molar-refractivity contribution < 1.29 is 4.42 Å². The van der Waals surface area contributed by atoms with Gasteiger partial charge in [-0.05, 0) is 55.0 Å². The predicted octanol–water partition coefficient (Wildman–Crippen LogP) is 4.45. The SMILES string of the molecule is c1ccc2[nH]c(-c3nnc(C4C5CCC4(c4ccncc4)C5)o3)cc2c1. The van der Waals surface area contributed by atoms with Gasteiger partial charge < -0.3 is 9.40 Å². The lowest BCUT2D eigenvalue weighted by molar-refractivity contribution is 0.155. The number of para-hydroxylation sites is 1. The number of nitrogens with zero attached hydrogens (tertiary/aromatic N) is 3. The molecule has 5 heteroatoms. The fraction of sp³-hybridized carbons (Fsp3) is 0.286. The maximum Gasteiger partial charge on any atom is 0.264 e. The molecule has 3 saturated carbocycles. The molecule has 3 aromatic heterocycles. The fourth-order valence-electron chi connectivity index (χ4n) is 5.19. The van der Waals surface area contributed by atoms with Gasteiger partial charge in [-0.25, -0.2) is 0 Å². The van der Waals surface area contributed by atoms with E-state index < -0.39 is 0 Å². The van der Waals surface area contributed by atoms with Crippen molar-refractivity contribution >= 4 is 10.9 Å². The number of hydrogen-bond acceptors (Lipinski definition) is 4. The minimum atomic E-state index is 0.151. The van der Waals surface area contributed by atoms with Crippen molar-refractivity contribution in [2.45, 2.75) is 30.6 Å². The summed E-state index contributed by atoms with van der Waals surface area (Å²) in [4.78, 5) is 7.55. The quantitative estimate of drug-likeness (QED) is 0.597. The van der Waals surface area contributed by atoms with Gasteiger partial charge in [-0.1, -0.05) is 18.2 Å². The van der Waals surface area contributed by atoms with Crippen molar-refractivity contribution in [3.63, 3.8) is 0 Å². The zero-order chi connectivity index (χ0) is 17.1. The van der Waals surface area contributed by atoms with Gasteiger partial charge in [-0.3, -0.25) is 4.98 Å². The van der Waals surface area contributed by atoms with E-state index in [0.717, 1.165) is 22.5 Å². The molecule has 26 heavy (non-hydrogen) atoms. The normalized spacial score (nSPS) is 26.9. The maximum absolute atomic E-state index is 6.16. The Labute approximate surface area is 150 Å². The maximum atomic E-state index is 6.16. The molecule has 4 aromatic rings. The molecule has 5 nitrogen and oxygen atoms in total. The molecule has 0 amide bonds. The van der Waals surface area contributed by atoms with Gasteiger partial charge in [0, 0.05) is 34.6 Å². The van der Waals surface area contributed by atoms with Crippen molar-refractivity contribution in [3.8, 4) is 11.6 Å². The number of hydrogen-bond donors (Lipinski definition) is 1. The summed E-state index contributed by atoms with van der Waals surface area (Å²) in [7, 11) is 0. The van der Waals surface area contributed by atoms with E-state index in [4.69, 9.17) is 4.42 Å². The molecule has 3 unspecified atom stereocenters. The standard InChI is InChI=1S/C21H18N4O/c1-2-4-16-13(3-1)11-17(23-16)19-24-25-20(26-19)18-14-5-8-21(18,12-14)15-6-9-22-10-7-15/h1-4,6-7,9-11,14,18,23H,5,8,12H2. The lowest BCUT2D eigenvalue weighted by atomic mass is 9.57. The third-order valence-electron chi connectivity index (χ3n) is 6.38. The zero-order valence-electron chi connectivity index (χ0n) is 14.2. The van der Waals surface area contributed by atoms with E-state index in [0.29, 0.717) is 17.7 Å². The second-order valence-electron chi connectivity index (χ2n) is 7.59. The third-order valence-corrected chi connectivity index (χ3v) is 6.38. The monoisotopic (exact) mass is 342 g/mol. The summed E-state index contributed by atoms with van der Waals surface area (Å²) < 4.78 is 6.16. The lowest BCUT2D eigenvalue weighted by Crippen LogP contribution is -2.42. The Morgan fingerprint density at radius 1 is 1.08 bits per heavy atom. The summed E-state index contributed by atoms with van der Waals surface area (Å²) in [6.45, 7) is 0. The topological polar surface area (TPSA) is 67.6 Å². The van der Waals surface area contributed by atoms with Crippen molar-refractivity contribution in [1.29, 1.82) is 0 Å². The number of rotatable bonds is 3. The molecule has 1 aromatic carbocycles. The molecular formula is C21H18N4O. The lowest BCUT2D eigenvalue weighted by Gasteiger charge is -2.46. The van der Waals surface area contributed by atoms with Gasteiger partial charge in [-0.15, -0.1) is 10.2 Å². The molecule has 0 spiro atoms. The molecule has 3 aliphatic rings. The Kier molecular flexibility index (Phi) is 2.76. The highest BCUT2D eigenvalue weighted by Gasteiger charge is 2.62. The molecule has 0 aliphatic heterocycles. The largest absolute Gasteiger partial charge is 0.419 e. The average Bonchev–Trinajstić information content (AvgIpc) is 3.43. The van der Waals surface area contributed by atoms with Crippen molar-refractivity contribution in [2.75, 3.05) is 0 Å². The van der Waals surface area contributed by atoms with E-state index in [9.17, 15) is 0 Å².